The zero-order valence-electron chi connectivity index (χ0n) is 13.5. The Balaban J connectivity index is 1.61. The fraction of sp³-hybridized carbons (Fsp3) is 0.118. The summed E-state index contributed by atoms with van der Waals surface area (Å²) in [6.07, 6.45) is 0. The molecule has 0 unspecified atom stereocenters. The van der Waals surface area contributed by atoms with Crippen molar-refractivity contribution in [2.75, 3.05) is 0 Å². The van der Waals surface area contributed by atoms with Gasteiger partial charge in [0.1, 0.15) is 0 Å². The molecule has 0 spiro atoms. The van der Waals surface area contributed by atoms with Gasteiger partial charge in [-0.05, 0) is 5.56 Å². The molecule has 0 saturated carbocycles. The second-order valence-electron chi connectivity index (χ2n) is 5.55. The minimum atomic E-state index is -3.62. The van der Waals surface area contributed by atoms with Crippen LogP contribution in [0.5, 0.6) is 0 Å². The van der Waals surface area contributed by atoms with Crippen LogP contribution in [0.1, 0.15) is 11.3 Å². The maximum absolute atomic E-state index is 12.2. The molecule has 1 heterocycles. The van der Waals surface area contributed by atoms with Crippen molar-refractivity contribution in [3.8, 4) is 11.3 Å². The van der Waals surface area contributed by atoms with Crippen molar-refractivity contribution in [3.63, 3.8) is 0 Å². The summed E-state index contributed by atoms with van der Waals surface area (Å²) in [5, 5.41) is 14.5. The highest BCUT2D eigenvalue weighted by Crippen LogP contribution is 2.20. The van der Waals surface area contributed by atoms with E-state index in [1.54, 1.807) is 6.07 Å². The van der Waals surface area contributed by atoms with E-state index in [0.717, 1.165) is 5.56 Å². The first-order valence-corrected chi connectivity index (χ1v) is 9.30. The first-order chi connectivity index (χ1) is 12.4. The van der Waals surface area contributed by atoms with Crippen molar-refractivity contribution in [2.24, 2.45) is 0 Å². The highest BCUT2D eigenvalue weighted by atomic mass is 32.2. The summed E-state index contributed by atoms with van der Waals surface area (Å²) in [5.41, 5.74) is 1.67. The summed E-state index contributed by atoms with van der Waals surface area (Å²) in [5.74, 6) is 0.268. The molecule has 1 N–H and O–H groups in total. The van der Waals surface area contributed by atoms with E-state index < -0.39 is 14.9 Å². The molecule has 0 aliphatic rings. The van der Waals surface area contributed by atoms with Gasteiger partial charge in [-0.15, -0.1) is 0 Å². The molecule has 0 saturated heterocycles. The Bertz CT molecular complexity index is 998. The van der Waals surface area contributed by atoms with Crippen molar-refractivity contribution in [2.45, 2.75) is 12.3 Å². The monoisotopic (exact) mass is 373 g/mol. The molecular weight excluding hydrogens is 358 g/mol. The van der Waals surface area contributed by atoms with E-state index >= 15 is 0 Å². The first-order valence-electron chi connectivity index (χ1n) is 7.65. The van der Waals surface area contributed by atoms with Crippen molar-refractivity contribution >= 4 is 15.7 Å². The lowest BCUT2D eigenvalue weighted by Crippen LogP contribution is -2.24. The van der Waals surface area contributed by atoms with Gasteiger partial charge < -0.3 is 4.52 Å². The predicted octanol–water partition coefficient (Wildman–Crippen LogP) is 2.87. The molecule has 0 atom stereocenters. The van der Waals surface area contributed by atoms with E-state index in [1.165, 1.54) is 24.3 Å². The van der Waals surface area contributed by atoms with E-state index in [9.17, 15) is 18.5 Å². The smallest absolute Gasteiger partial charge is 0.269 e. The second-order valence-corrected chi connectivity index (χ2v) is 7.36. The van der Waals surface area contributed by atoms with Crippen LogP contribution in [0.3, 0.4) is 0 Å². The number of nitro groups is 1. The van der Waals surface area contributed by atoms with Gasteiger partial charge in [-0.25, -0.2) is 13.1 Å². The number of hydrogen-bond acceptors (Lipinski definition) is 6. The molecule has 0 radical (unpaired) electrons. The standard InChI is InChI=1S/C17H15N3O5S/c21-20(22)16-8-6-13(7-9-16)12-26(23,24)18-11-15-10-17(25-19-15)14-4-2-1-3-5-14/h1-10,18H,11-12H2. The number of nitrogens with one attached hydrogen (secondary N) is 1. The Kier molecular flexibility index (Phi) is 5.10. The molecule has 0 bridgehead atoms. The summed E-state index contributed by atoms with van der Waals surface area (Å²) in [6, 6.07) is 16.4. The third kappa shape index (κ3) is 4.52. The third-order valence-corrected chi connectivity index (χ3v) is 4.89. The molecular formula is C17H15N3O5S. The Morgan fingerprint density at radius 3 is 2.42 bits per heavy atom. The van der Waals surface area contributed by atoms with Crippen LogP contribution >= 0.6 is 0 Å². The zero-order valence-corrected chi connectivity index (χ0v) is 14.3. The lowest BCUT2D eigenvalue weighted by atomic mass is 10.2. The fourth-order valence-corrected chi connectivity index (χ4v) is 3.40. The molecule has 2 aromatic carbocycles. The number of nitro benzene ring substituents is 1. The number of sulfonamides is 1. The topological polar surface area (TPSA) is 115 Å². The van der Waals surface area contributed by atoms with Crippen molar-refractivity contribution in [1.82, 2.24) is 9.88 Å². The second kappa shape index (κ2) is 7.46. The lowest BCUT2D eigenvalue weighted by Gasteiger charge is -2.05. The molecule has 0 aliphatic heterocycles. The van der Waals surface area contributed by atoms with Crippen LogP contribution < -0.4 is 4.72 Å². The quantitative estimate of drug-likeness (QED) is 0.503. The zero-order chi connectivity index (χ0) is 18.6. The van der Waals surface area contributed by atoms with Crippen molar-refractivity contribution in [1.29, 1.82) is 0 Å². The maximum Gasteiger partial charge on any atom is 0.269 e. The van der Waals surface area contributed by atoms with Crippen LogP contribution in [-0.4, -0.2) is 18.5 Å². The Morgan fingerprint density at radius 1 is 1.08 bits per heavy atom. The minimum Gasteiger partial charge on any atom is -0.356 e. The third-order valence-electron chi connectivity index (χ3n) is 3.59. The highest BCUT2D eigenvalue weighted by molar-refractivity contribution is 7.88. The summed E-state index contributed by atoms with van der Waals surface area (Å²) in [4.78, 5) is 10.1. The normalized spacial score (nSPS) is 11.4. The summed E-state index contributed by atoms with van der Waals surface area (Å²) >= 11 is 0. The van der Waals surface area contributed by atoms with Crippen LogP contribution in [0.15, 0.2) is 65.2 Å². The first kappa shape index (κ1) is 17.8. The summed E-state index contributed by atoms with van der Waals surface area (Å²) in [7, 11) is -3.62. The molecule has 1 aromatic heterocycles. The number of benzene rings is 2. The highest BCUT2D eigenvalue weighted by Gasteiger charge is 2.14. The summed E-state index contributed by atoms with van der Waals surface area (Å²) in [6.45, 7) is -0.00829. The summed E-state index contributed by atoms with van der Waals surface area (Å²) < 4.78 is 32.0. The average molecular weight is 373 g/mol. The average Bonchev–Trinajstić information content (AvgIpc) is 3.10. The van der Waals surface area contributed by atoms with E-state index in [4.69, 9.17) is 4.52 Å². The molecule has 3 aromatic rings. The van der Waals surface area contributed by atoms with E-state index in [1.807, 2.05) is 30.3 Å². The molecule has 26 heavy (non-hydrogen) atoms. The largest absolute Gasteiger partial charge is 0.356 e. The number of nitrogens with zero attached hydrogens (tertiary/aromatic N) is 2. The van der Waals surface area contributed by atoms with Gasteiger partial charge in [-0.1, -0.05) is 47.6 Å². The van der Waals surface area contributed by atoms with E-state index in [2.05, 4.69) is 9.88 Å². The molecule has 3 rings (SSSR count). The SMILES string of the molecule is O=[N+]([O-])c1ccc(CS(=O)(=O)NCc2cc(-c3ccccc3)on2)cc1. The Morgan fingerprint density at radius 2 is 1.77 bits per heavy atom. The molecule has 0 amide bonds. The van der Waals surface area contributed by atoms with E-state index in [0.29, 0.717) is 17.0 Å². The molecule has 8 nitrogen and oxygen atoms in total. The van der Waals surface area contributed by atoms with Crippen LogP contribution in [-0.2, 0) is 22.3 Å². The lowest BCUT2D eigenvalue weighted by molar-refractivity contribution is -0.384. The Hall–Kier alpha value is -3.04. The number of non-ortho nitro benzene ring substituents is 1. The Labute approximate surface area is 149 Å². The molecule has 9 heteroatoms. The minimum absolute atomic E-state index is 0.00829. The molecule has 0 aliphatic carbocycles. The number of aromatic nitrogens is 1. The van der Waals surface area contributed by atoms with Gasteiger partial charge >= 0.3 is 0 Å². The van der Waals surface area contributed by atoms with Gasteiger partial charge in [0.05, 0.1) is 22.9 Å². The predicted molar refractivity (Wildman–Crippen MR) is 94.5 cm³/mol. The van der Waals surface area contributed by atoms with Crippen LogP contribution in [0, 0.1) is 10.1 Å². The van der Waals surface area contributed by atoms with Crippen LogP contribution in [0.4, 0.5) is 5.69 Å². The van der Waals surface area contributed by atoms with Gasteiger partial charge in [-0.3, -0.25) is 10.1 Å². The molecule has 134 valence electrons. The van der Waals surface area contributed by atoms with Gasteiger partial charge in [0.15, 0.2) is 5.76 Å². The van der Waals surface area contributed by atoms with Gasteiger partial charge in [-0.2, -0.15) is 0 Å². The molecule has 0 fully saturated rings. The fourth-order valence-electron chi connectivity index (χ4n) is 2.30. The van der Waals surface area contributed by atoms with Gasteiger partial charge in [0.2, 0.25) is 10.0 Å². The van der Waals surface area contributed by atoms with Gasteiger partial charge in [0.25, 0.3) is 5.69 Å². The maximum atomic E-state index is 12.2. The van der Waals surface area contributed by atoms with E-state index in [-0.39, 0.29) is 18.0 Å². The van der Waals surface area contributed by atoms with Crippen LogP contribution in [0.25, 0.3) is 11.3 Å². The van der Waals surface area contributed by atoms with Crippen molar-refractivity contribution < 1.29 is 17.9 Å². The van der Waals surface area contributed by atoms with Crippen LogP contribution in [0.2, 0.25) is 0 Å². The number of hydrogen-bond donors (Lipinski definition) is 1. The number of rotatable bonds is 7. The van der Waals surface area contributed by atoms with Gasteiger partial charge in [0, 0.05) is 23.8 Å². The van der Waals surface area contributed by atoms with Crippen molar-refractivity contribution in [3.05, 3.63) is 82.0 Å².